The van der Waals surface area contributed by atoms with Gasteiger partial charge in [-0.1, -0.05) is 12.8 Å². The van der Waals surface area contributed by atoms with Gasteiger partial charge < -0.3 is 10.6 Å². The quantitative estimate of drug-likeness (QED) is 0.746. The van der Waals surface area contributed by atoms with Crippen molar-refractivity contribution in [3.63, 3.8) is 0 Å². The SMILES string of the molecule is CC(=O)NCCNCc1ccn(C2CCCC2)n1. The topological polar surface area (TPSA) is 59.0 Å². The van der Waals surface area contributed by atoms with Gasteiger partial charge in [0.25, 0.3) is 0 Å². The zero-order valence-electron chi connectivity index (χ0n) is 11.0. The minimum atomic E-state index is 0.0160. The van der Waals surface area contributed by atoms with Gasteiger partial charge in [0, 0.05) is 32.8 Å². The van der Waals surface area contributed by atoms with Crippen LogP contribution in [0.3, 0.4) is 0 Å². The summed E-state index contributed by atoms with van der Waals surface area (Å²) in [6.45, 7) is 3.73. The van der Waals surface area contributed by atoms with E-state index >= 15 is 0 Å². The number of hydrogen-bond acceptors (Lipinski definition) is 3. The molecule has 0 unspecified atom stereocenters. The largest absolute Gasteiger partial charge is 0.355 e. The van der Waals surface area contributed by atoms with Crippen LogP contribution in [0.4, 0.5) is 0 Å². The summed E-state index contributed by atoms with van der Waals surface area (Å²) in [7, 11) is 0. The van der Waals surface area contributed by atoms with Crippen LogP contribution in [0.25, 0.3) is 0 Å². The molecule has 5 nitrogen and oxygen atoms in total. The fourth-order valence-corrected chi connectivity index (χ4v) is 2.39. The van der Waals surface area contributed by atoms with E-state index in [1.165, 1.54) is 32.6 Å². The monoisotopic (exact) mass is 250 g/mol. The summed E-state index contributed by atoms with van der Waals surface area (Å²) >= 11 is 0. The molecule has 0 bridgehead atoms. The lowest BCUT2D eigenvalue weighted by Crippen LogP contribution is -2.30. The van der Waals surface area contributed by atoms with E-state index in [1.807, 2.05) is 0 Å². The highest BCUT2D eigenvalue weighted by molar-refractivity contribution is 5.72. The van der Waals surface area contributed by atoms with Gasteiger partial charge in [-0.3, -0.25) is 9.48 Å². The van der Waals surface area contributed by atoms with Crippen LogP contribution in [-0.4, -0.2) is 28.8 Å². The standard InChI is InChI=1S/C13H22N4O/c1-11(18)15-8-7-14-10-12-6-9-17(16-12)13-4-2-3-5-13/h6,9,13-14H,2-5,7-8,10H2,1H3,(H,15,18). The maximum absolute atomic E-state index is 10.7. The molecule has 1 aromatic rings. The maximum Gasteiger partial charge on any atom is 0.216 e. The Kier molecular flexibility index (Phi) is 4.75. The minimum Gasteiger partial charge on any atom is -0.355 e. The normalized spacial score (nSPS) is 16.1. The first-order valence-electron chi connectivity index (χ1n) is 6.75. The van der Waals surface area contributed by atoms with Gasteiger partial charge in [-0.05, 0) is 18.9 Å². The molecule has 1 aromatic heterocycles. The highest BCUT2D eigenvalue weighted by Crippen LogP contribution is 2.28. The molecule has 0 radical (unpaired) electrons. The summed E-state index contributed by atoms with van der Waals surface area (Å²) in [6.07, 6.45) is 7.26. The summed E-state index contributed by atoms with van der Waals surface area (Å²) < 4.78 is 2.11. The van der Waals surface area contributed by atoms with Crippen LogP contribution < -0.4 is 10.6 Å². The summed E-state index contributed by atoms with van der Waals surface area (Å²) in [5.41, 5.74) is 1.07. The number of aromatic nitrogens is 2. The molecule has 0 spiro atoms. The predicted octanol–water partition coefficient (Wildman–Crippen LogP) is 1.22. The molecule has 1 saturated carbocycles. The Labute approximate surface area is 108 Å². The second-order valence-corrected chi connectivity index (χ2v) is 4.89. The Morgan fingerprint density at radius 2 is 2.22 bits per heavy atom. The third-order valence-electron chi connectivity index (χ3n) is 3.34. The first-order valence-corrected chi connectivity index (χ1v) is 6.75. The Morgan fingerprint density at radius 1 is 1.44 bits per heavy atom. The van der Waals surface area contributed by atoms with Gasteiger partial charge in [-0.15, -0.1) is 0 Å². The number of carbonyl (C=O) groups excluding carboxylic acids is 1. The van der Waals surface area contributed by atoms with Gasteiger partial charge >= 0.3 is 0 Å². The molecule has 1 amide bonds. The number of hydrogen-bond donors (Lipinski definition) is 2. The average Bonchev–Trinajstić information content (AvgIpc) is 2.98. The zero-order chi connectivity index (χ0) is 12.8. The first-order chi connectivity index (χ1) is 8.75. The molecule has 1 aliphatic carbocycles. The van der Waals surface area contributed by atoms with E-state index in [1.54, 1.807) is 0 Å². The molecular weight excluding hydrogens is 228 g/mol. The van der Waals surface area contributed by atoms with Crippen molar-refractivity contribution in [3.8, 4) is 0 Å². The first kappa shape index (κ1) is 13.1. The molecular formula is C13H22N4O. The van der Waals surface area contributed by atoms with Crippen molar-refractivity contribution in [2.45, 2.75) is 45.2 Å². The molecule has 0 aromatic carbocycles. The van der Waals surface area contributed by atoms with E-state index < -0.39 is 0 Å². The predicted molar refractivity (Wildman–Crippen MR) is 70.1 cm³/mol. The lowest BCUT2D eigenvalue weighted by Gasteiger charge is -2.09. The number of nitrogens with one attached hydrogen (secondary N) is 2. The van der Waals surface area contributed by atoms with E-state index in [-0.39, 0.29) is 5.91 Å². The third kappa shape index (κ3) is 3.84. The van der Waals surface area contributed by atoms with Crippen molar-refractivity contribution >= 4 is 5.91 Å². The van der Waals surface area contributed by atoms with Gasteiger partial charge in [-0.25, -0.2) is 0 Å². The van der Waals surface area contributed by atoms with Crippen LogP contribution in [0, 0.1) is 0 Å². The van der Waals surface area contributed by atoms with Gasteiger partial charge in [0.05, 0.1) is 11.7 Å². The second-order valence-electron chi connectivity index (χ2n) is 4.89. The molecule has 100 valence electrons. The molecule has 2 rings (SSSR count). The van der Waals surface area contributed by atoms with Crippen molar-refractivity contribution in [3.05, 3.63) is 18.0 Å². The molecule has 0 saturated heterocycles. The summed E-state index contributed by atoms with van der Waals surface area (Å²) in [4.78, 5) is 10.7. The smallest absolute Gasteiger partial charge is 0.216 e. The fourth-order valence-electron chi connectivity index (χ4n) is 2.39. The summed E-state index contributed by atoms with van der Waals surface area (Å²) in [5.74, 6) is 0.0160. The van der Waals surface area contributed by atoms with E-state index in [4.69, 9.17) is 0 Å². The van der Waals surface area contributed by atoms with Crippen LogP contribution in [0.2, 0.25) is 0 Å². The Bertz CT molecular complexity index is 382. The van der Waals surface area contributed by atoms with Gasteiger partial charge in [-0.2, -0.15) is 5.10 Å². The number of rotatable bonds is 6. The van der Waals surface area contributed by atoms with Crippen LogP contribution in [0.5, 0.6) is 0 Å². The number of nitrogens with zero attached hydrogens (tertiary/aromatic N) is 2. The van der Waals surface area contributed by atoms with E-state index in [0.717, 1.165) is 18.8 Å². The lowest BCUT2D eigenvalue weighted by molar-refractivity contribution is -0.118. The molecule has 1 fully saturated rings. The van der Waals surface area contributed by atoms with Crippen molar-refractivity contribution in [1.29, 1.82) is 0 Å². The minimum absolute atomic E-state index is 0.0160. The van der Waals surface area contributed by atoms with Crippen molar-refractivity contribution < 1.29 is 4.79 Å². The second kappa shape index (κ2) is 6.54. The summed E-state index contributed by atoms with van der Waals surface area (Å²) in [6, 6.07) is 2.68. The van der Waals surface area contributed by atoms with Crippen molar-refractivity contribution in [2.75, 3.05) is 13.1 Å². The zero-order valence-corrected chi connectivity index (χ0v) is 11.0. The fraction of sp³-hybridized carbons (Fsp3) is 0.692. The number of amides is 1. The Morgan fingerprint density at radius 3 is 2.94 bits per heavy atom. The molecule has 0 atom stereocenters. The van der Waals surface area contributed by atoms with E-state index in [9.17, 15) is 4.79 Å². The third-order valence-corrected chi connectivity index (χ3v) is 3.34. The average molecular weight is 250 g/mol. The van der Waals surface area contributed by atoms with Gasteiger partial charge in [0.2, 0.25) is 5.91 Å². The van der Waals surface area contributed by atoms with Crippen molar-refractivity contribution in [2.24, 2.45) is 0 Å². The van der Waals surface area contributed by atoms with Gasteiger partial charge in [0.15, 0.2) is 0 Å². The number of carbonyl (C=O) groups is 1. The van der Waals surface area contributed by atoms with Crippen LogP contribution in [0.15, 0.2) is 12.3 Å². The molecule has 5 heteroatoms. The van der Waals surface area contributed by atoms with Crippen LogP contribution in [-0.2, 0) is 11.3 Å². The molecule has 2 N–H and O–H groups in total. The van der Waals surface area contributed by atoms with Crippen LogP contribution >= 0.6 is 0 Å². The van der Waals surface area contributed by atoms with E-state index in [0.29, 0.717) is 12.6 Å². The maximum atomic E-state index is 10.7. The van der Waals surface area contributed by atoms with Crippen molar-refractivity contribution in [1.82, 2.24) is 20.4 Å². The Hall–Kier alpha value is -1.36. The lowest BCUT2D eigenvalue weighted by atomic mass is 10.3. The van der Waals surface area contributed by atoms with Gasteiger partial charge in [0.1, 0.15) is 0 Å². The summed E-state index contributed by atoms with van der Waals surface area (Å²) in [5, 5.41) is 10.6. The molecule has 18 heavy (non-hydrogen) atoms. The highest BCUT2D eigenvalue weighted by atomic mass is 16.1. The van der Waals surface area contributed by atoms with E-state index in [2.05, 4.69) is 32.7 Å². The molecule has 1 heterocycles. The molecule has 1 aliphatic rings. The Balaban J connectivity index is 1.68. The highest BCUT2D eigenvalue weighted by Gasteiger charge is 2.17. The van der Waals surface area contributed by atoms with Crippen LogP contribution in [0.1, 0.15) is 44.3 Å². The molecule has 0 aliphatic heterocycles.